The minimum atomic E-state index is 0.619. The summed E-state index contributed by atoms with van der Waals surface area (Å²) in [5, 5.41) is 7.03. The fourth-order valence-electron chi connectivity index (χ4n) is 6.99. The van der Waals surface area contributed by atoms with Crippen LogP contribution in [0.4, 0.5) is 0 Å². The van der Waals surface area contributed by atoms with E-state index >= 15 is 0 Å². The number of hydrogen-bond acceptors (Lipinski definition) is 4. The first-order valence-corrected chi connectivity index (χ1v) is 17.1. The summed E-state index contributed by atoms with van der Waals surface area (Å²) >= 11 is 0. The Morgan fingerprint density at radius 1 is 0.314 bits per heavy atom. The van der Waals surface area contributed by atoms with E-state index in [4.69, 9.17) is 19.9 Å². The molecule has 8 aromatic carbocycles. The SMILES string of the molecule is c1ccc2cc(-c3nc(-c4ccc(-n5c(-c6ccc7ccccc7c6)nc6ccccc65)cc4)nc(-c4ccc5ccccc5c4)n3)ccc2c1. The second-order valence-corrected chi connectivity index (χ2v) is 12.8. The van der Waals surface area contributed by atoms with Crippen molar-refractivity contribution in [1.29, 1.82) is 0 Å². The smallest absolute Gasteiger partial charge is 0.164 e. The number of para-hydroxylation sites is 2. The minimum Gasteiger partial charge on any atom is -0.292 e. The van der Waals surface area contributed by atoms with Gasteiger partial charge in [-0.15, -0.1) is 0 Å². The Kier molecular flexibility index (Phi) is 6.74. The maximum absolute atomic E-state index is 5.11. The zero-order valence-electron chi connectivity index (χ0n) is 27.5. The summed E-state index contributed by atoms with van der Waals surface area (Å²) in [6, 6.07) is 61.2. The van der Waals surface area contributed by atoms with Crippen molar-refractivity contribution in [3.63, 3.8) is 0 Å². The summed E-state index contributed by atoms with van der Waals surface area (Å²) in [7, 11) is 0. The monoisotopic (exact) mass is 651 g/mol. The van der Waals surface area contributed by atoms with Crippen molar-refractivity contribution >= 4 is 43.4 Å². The molecule has 2 aromatic heterocycles. The molecule has 0 atom stereocenters. The molecule has 5 heteroatoms. The lowest BCUT2D eigenvalue weighted by Crippen LogP contribution is -2.01. The first kappa shape index (κ1) is 29.0. The van der Waals surface area contributed by atoms with Crippen LogP contribution in [-0.2, 0) is 0 Å². The number of fused-ring (bicyclic) bond motifs is 4. The highest BCUT2D eigenvalue weighted by Crippen LogP contribution is 2.33. The van der Waals surface area contributed by atoms with E-state index in [9.17, 15) is 0 Å². The largest absolute Gasteiger partial charge is 0.292 e. The van der Waals surface area contributed by atoms with Gasteiger partial charge >= 0.3 is 0 Å². The number of imidazole rings is 1. The molecule has 10 rings (SSSR count). The van der Waals surface area contributed by atoms with Crippen LogP contribution in [0, 0.1) is 0 Å². The summed E-state index contributed by atoms with van der Waals surface area (Å²) in [5.74, 6) is 2.79. The fourth-order valence-corrected chi connectivity index (χ4v) is 6.99. The lowest BCUT2D eigenvalue weighted by molar-refractivity contribution is 1.07. The van der Waals surface area contributed by atoms with Crippen molar-refractivity contribution in [2.24, 2.45) is 0 Å². The van der Waals surface area contributed by atoms with E-state index in [1.54, 1.807) is 0 Å². The molecule has 0 unspecified atom stereocenters. The van der Waals surface area contributed by atoms with Crippen LogP contribution in [0.5, 0.6) is 0 Å². The first-order chi connectivity index (χ1) is 25.2. The zero-order valence-corrected chi connectivity index (χ0v) is 27.5. The van der Waals surface area contributed by atoms with E-state index in [0.29, 0.717) is 17.5 Å². The van der Waals surface area contributed by atoms with Gasteiger partial charge in [0.15, 0.2) is 17.5 Å². The van der Waals surface area contributed by atoms with E-state index in [-0.39, 0.29) is 0 Å². The minimum absolute atomic E-state index is 0.619. The van der Waals surface area contributed by atoms with Crippen molar-refractivity contribution in [2.45, 2.75) is 0 Å². The third kappa shape index (κ3) is 5.20. The van der Waals surface area contributed by atoms with Crippen molar-refractivity contribution < 1.29 is 0 Å². The Balaban J connectivity index is 1.11. The molecule has 0 saturated heterocycles. The molecule has 0 aliphatic rings. The zero-order chi connectivity index (χ0) is 33.7. The van der Waals surface area contributed by atoms with Crippen LogP contribution in [0.25, 0.3) is 94.6 Å². The molecule has 238 valence electrons. The third-order valence-corrected chi connectivity index (χ3v) is 9.60. The van der Waals surface area contributed by atoms with Gasteiger partial charge in [-0.25, -0.2) is 19.9 Å². The van der Waals surface area contributed by atoms with E-state index < -0.39 is 0 Å². The summed E-state index contributed by atoms with van der Waals surface area (Å²) in [6.07, 6.45) is 0. The van der Waals surface area contributed by atoms with Gasteiger partial charge in [-0.1, -0.05) is 121 Å². The molecule has 0 spiro atoms. The molecule has 0 amide bonds. The van der Waals surface area contributed by atoms with Gasteiger partial charge in [-0.05, 0) is 86.9 Å². The Morgan fingerprint density at radius 3 is 1.27 bits per heavy atom. The highest BCUT2D eigenvalue weighted by atomic mass is 15.1. The highest BCUT2D eigenvalue weighted by molar-refractivity contribution is 5.90. The Hall–Kier alpha value is -6.98. The quantitative estimate of drug-likeness (QED) is 0.186. The first-order valence-electron chi connectivity index (χ1n) is 17.1. The second-order valence-electron chi connectivity index (χ2n) is 12.8. The molecule has 0 aliphatic heterocycles. The number of nitrogens with zero attached hydrogens (tertiary/aromatic N) is 5. The molecular formula is C46H29N5. The van der Waals surface area contributed by atoms with E-state index in [0.717, 1.165) is 55.6 Å². The maximum atomic E-state index is 5.11. The van der Waals surface area contributed by atoms with Crippen LogP contribution < -0.4 is 0 Å². The van der Waals surface area contributed by atoms with Gasteiger partial charge in [0.25, 0.3) is 0 Å². The van der Waals surface area contributed by atoms with Crippen LogP contribution in [0.3, 0.4) is 0 Å². The normalized spacial score (nSPS) is 11.5. The molecule has 0 radical (unpaired) electrons. The molecule has 0 bridgehead atoms. The average molecular weight is 652 g/mol. The van der Waals surface area contributed by atoms with Gasteiger partial charge in [0.05, 0.1) is 11.0 Å². The molecule has 2 heterocycles. The molecule has 0 fully saturated rings. The summed E-state index contributed by atoms with van der Waals surface area (Å²) in [4.78, 5) is 20.3. The van der Waals surface area contributed by atoms with Crippen LogP contribution in [0.2, 0.25) is 0 Å². The fraction of sp³-hybridized carbons (Fsp3) is 0. The van der Waals surface area contributed by atoms with Crippen molar-refractivity contribution in [3.05, 3.63) is 176 Å². The maximum Gasteiger partial charge on any atom is 0.164 e. The molecule has 0 aliphatic carbocycles. The number of benzene rings is 8. The Morgan fingerprint density at radius 2 is 0.725 bits per heavy atom. The summed E-state index contributed by atoms with van der Waals surface area (Å²) in [5.41, 5.74) is 6.86. The summed E-state index contributed by atoms with van der Waals surface area (Å²) in [6.45, 7) is 0. The van der Waals surface area contributed by atoms with Crippen LogP contribution in [0.1, 0.15) is 0 Å². The van der Waals surface area contributed by atoms with Crippen molar-refractivity contribution in [3.8, 4) is 51.2 Å². The predicted octanol–water partition coefficient (Wildman–Crippen LogP) is 11.3. The third-order valence-electron chi connectivity index (χ3n) is 9.60. The van der Waals surface area contributed by atoms with Gasteiger partial charge in [0.1, 0.15) is 5.82 Å². The van der Waals surface area contributed by atoms with Gasteiger partial charge < -0.3 is 0 Å². The average Bonchev–Trinajstić information content (AvgIpc) is 3.60. The molecule has 51 heavy (non-hydrogen) atoms. The molecule has 0 N–H and O–H groups in total. The molecule has 10 aromatic rings. The van der Waals surface area contributed by atoms with E-state index in [2.05, 4.69) is 174 Å². The van der Waals surface area contributed by atoms with E-state index in [1.807, 2.05) is 6.07 Å². The number of aromatic nitrogens is 5. The van der Waals surface area contributed by atoms with Gasteiger partial charge in [0, 0.05) is 27.9 Å². The van der Waals surface area contributed by atoms with E-state index in [1.165, 1.54) is 21.5 Å². The predicted molar refractivity (Wildman–Crippen MR) is 209 cm³/mol. The van der Waals surface area contributed by atoms with Crippen molar-refractivity contribution in [1.82, 2.24) is 24.5 Å². The summed E-state index contributed by atoms with van der Waals surface area (Å²) < 4.78 is 2.23. The number of hydrogen-bond donors (Lipinski definition) is 0. The standard InChI is InChI=1S/C46H29N5/c1-4-12-34-27-37(20-17-30(34)9-1)44-48-43(49-45(50-44)38-21-18-31-10-2-5-13-35(31)28-38)33-23-25-40(26-24-33)51-42-16-8-7-15-41(42)47-46(51)39-22-19-32-11-3-6-14-36(32)29-39/h1-29H. The number of rotatable bonds is 5. The Labute approximate surface area is 294 Å². The highest BCUT2D eigenvalue weighted by Gasteiger charge is 2.17. The lowest BCUT2D eigenvalue weighted by Gasteiger charge is -2.12. The van der Waals surface area contributed by atoms with Crippen LogP contribution in [-0.4, -0.2) is 24.5 Å². The lowest BCUT2D eigenvalue weighted by atomic mass is 10.1. The Bertz CT molecular complexity index is 2830. The molecule has 0 saturated carbocycles. The molecular weight excluding hydrogens is 623 g/mol. The van der Waals surface area contributed by atoms with Crippen LogP contribution >= 0.6 is 0 Å². The topological polar surface area (TPSA) is 56.5 Å². The molecule has 5 nitrogen and oxygen atoms in total. The van der Waals surface area contributed by atoms with Crippen LogP contribution in [0.15, 0.2) is 176 Å². The van der Waals surface area contributed by atoms with Gasteiger partial charge in [-0.3, -0.25) is 4.57 Å². The van der Waals surface area contributed by atoms with Crippen molar-refractivity contribution in [2.75, 3.05) is 0 Å². The second kappa shape index (κ2) is 11.9. The van der Waals surface area contributed by atoms with Gasteiger partial charge in [0.2, 0.25) is 0 Å². The van der Waals surface area contributed by atoms with Gasteiger partial charge in [-0.2, -0.15) is 0 Å².